The molecule has 0 heterocycles. The van der Waals surface area contributed by atoms with Gasteiger partial charge in [0.1, 0.15) is 12.4 Å². The van der Waals surface area contributed by atoms with Crippen molar-refractivity contribution >= 4 is 0 Å². The third-order valence-electron chi connectivity index (χ3n) is 3.05. The second-order valence-corrected chi connectivity index (χ2v) is 4.48. The highest BCUT2D eigenvalue weighted by atomic mass is 16.5. The number of aliphatic hydroxyl groups excluding tert-OH is 2. The van der Waals surface area contributed by atoms with Crippen molar-refractivity contribution in [3.8, 4) is 5.75 Å². The standard InChI is InChI=1S/C16H18O3/c1-12-3-2-4-15(10-18)16(12)19-11-14-7-5-13(9-17)6-8-14/h2-8,17-18H,9-11H2,1H3. The molecule has 19 heavy (non-hydrogen) atoms. The number of para-hydroxylation sites is 1. The highest BCUT2D eigenvalue weighted by molar-refractivity contribution is 5.40. The van der Waals surface area contributed by atoms with Gasteiger partial charge in [0.25, 0.3) is 0 Å². The minimum absolute atomic E-state index is 0.0273. The fraction of sp³-hybridized carbons (Fsp3) is 0.250. The smallest absolute Gasteiger partial charge is 0.128 e. The van der Waals surface area contributed by atoms with Crippen LogP contribution in [0.15, 0.2) is 42.5 Å². The van der Waals surface area contributed by atoms with Gasteiger partial charge >= 0.3 is 0 Å². The number of aliphatic hydroxyl groups is 2. The Balaban J connectivity index is 2.09. The molecule has 3 nitrogen and oxygen atoms in total. The van der Waals surface area contributed by atoms with Crippen LogP contribution in [0.25, 0.3) is 0 Å². The molecular formula is C16H18O3. The van der Waals surface area contributed by atoms with Gasteiger partial charge < -0.3 is 14.9 Å². The minimum Gasteiger partial charge on any atom is -0.488 e. The normalized spacial score (nSPS) is 10.5. The molecule has 0 aliphatic carbocycles. The molecule has 0 aromatic heterocycles. The van der Waals surface area contributed by atoms with Crippen molar-refractivity contribution in [2.24, 2.45) is 0 Å². The molecule has 0 saturated heterocycles. The SMILES string of the molecule is Cc1cccc(CO)c1OCc1ccc(CO)cc1. The lowest BCUT2D eigenvalue weighted by atomic mass is 10.1. The summed E-state index contributed by atoms with van der Waals surface area (Å²) in [5.41, 5.74) is 3.73. The third kappa shape index (κ3) is 3.34. The molecule has 0 aliphatic heterocycles. The van der Waals surface area contributed by atoms with Gasteiger partial charge in [-0.15, -0.1) is 0 Å². The van der Waals surface area contributed by atoms with E-state index < -0.39 is 0 Å². The third-order valence-corrected chi connectivity index (χ3v) is 3.05. The van der Waals surface area contributed by atoms with Crippen LogP contribution in [-0.4, -0.2) is 10.2 Å². The van der Waals surface area contributed by atoms with Crippen LogP contribution in [0, 0.1) is 6.92 Å². The van der Waals surface area contributed by atoms with Crippen molar-refractivity contribution in [3.63, 3.8) is 0 Å². The Morgan fingerprint density at radius 3 is 2.21 bits per heavy atom. The summed E-state index contributed by atoms with van der Waals surface area (Å²) < 4.78 is 5.80. The maximum atomic E-state index is 9.30. The van der Waals surface area contributed by atoms with E-state index in [1.807, 2.05) is 49.4 Å². The molecular weight excluding hydrogens is 240 g/mol. The van der Waals surface area contributed by atoms with E-state index in [0.29, 0.717) is 6.61 Å². The van der Waals surface area contributed by atoms with E-state index in [2.05, 4.69) is 0 Å². The molecule has 2 aromatic carbocycles. The zero-order valence-electron chi connectivity index (χ0n) is 11.0. The maximum absolute atomic E-state index is 9.30. The minimum atomic E-state index is -0.0273. The van der Waals surface area contributed by atoms with Crippen molar-refractivity contribution in [3.05, 3.63) is 64.7 Å². The molecule has 0 bridgehead atoms. The fourth-order valence-corrected chi connectivity index (χ4v) is 1.94. The van der Waals surface area contributed by atoms with Gasteiger partial charge in [-0.1, -0.05) is 42.5 Å². The van der Waals surface area contributed by atoms with Gasteiger partial charge in [-0.25, -0.2) is 0 Å². The van der Waals surface area contributed by atoms with Crippen molar-refractivity contribution < 1.29 is 14.9 Å². The lowest BCUT2D eigenvalue weighted by molar-refractivity contribution is 0.258. The molecule has 0 atom stereocenters. The second kappa shape index (κ2) is 6.36. The van der Waals surface area contributed by atoms with Crippen LogP contribution in [0.2, 0.25) is 0 Å². The number of ether oxygens (including phenoxy) is 1. The highest BCUT2D eigenvalue weighted by Gasteiger charge is 2.06. The van der Waals surface area contributed by atoms with E-state index in [9.17, 15) is 5.11 Å². The van der Waals surface area contributed by atoms with Crippen LogP contribution in [0.4, 0.5) is 0 Å². The van der Waals surface area contributed by atoms with E-state index in [-0.39, 0.29) is 13.2 Å². The molecule has 2 N–H and O–H groups in total. The van der Waals surface area contributed by atoms with E-state index in [1.54, 1.807) is 0 Å². The lowest BCUT2D eigenvalue weighted by Crippen LogP contribution is -2.00. The predicted molar refractivity (Wildman–Crippen MR) is 73.8 cm³/mol. The lowest BCUT2D eigenvalue weighted by Gasteiger charge is -2.13. The second-order valence-electron chi connectivity index (χ2n) is 4.48. The van der Waals surface area contributed by atoms with E-state index in [1.165, 1.54) is 0 Å². The fourth-order valence-electron chi connectivity index (χ4n) is 1.94. The Bertz CT molecular complexity index is 532. The first-order valence-corrected chi connectivity index (χ1v) is 6.25. The molecule has 3 heteroatoms. The van der Waals surface area contributed by atoms with Gasteiger partial charge in [-0.05, 0) is 23.6 Å². The number of benzene rings is 2. The predicted octanol–water partition coefficient (Wildman–Crippen LogP) is 2.56. The monoisotopic (exact) mass is 258 g/mol. The molecule has 0 spiro atoms. The van der Waals surface area contributed by atoms with Crippen LogP contribution in [0.5, 0.6) is 5.75 Å². The number of hydrogen-bond acceptors (Lipinski definition) is 3. The Morgan fingerprint density at radius 1 is 0.895 bits per heavy atom. The topological polar surface area (TPSA) is 49.7 Å². The van der Waals surface area contributed by atoms with Crippen LogP contribution in [-0.2, 0) is 19.8 Å². The Hall–Kier alpha value is -1.84. The quantitative estimate of drug-likeness (QED) is 0.866. The van der Waals surface area contributed by atoms with Gasteiger partial charge in [-0.3, -0.25) is 0 Å². The molecule has 100 valence electrons. The zero-order chi connectivity index (χ0) is 13.7. The van der Waals surface area contributed by atoms with Crippen molar-refractivity contribution in [2.45, 2.75) is 26.7 Å². The van der Waals surface area contributed by atoms with Gasteiger partial charge in [0, 0.05) is 5.56 Å². The number of hydrogen-bond donors (Lipinski definition) is 2. The maximum Gasteiger partial charge on any atom is 0.128 e. The first-order chi connectivity index (χ1) is 9.24. The summed E-state index contributed by atoms with van der Waals surface area (Å²) in [5, 5.41) is 18.3. The van der Waals surface area contributed by atoms with Crippen molar-refractivity contribution in [2.75, 3.05) is 0 Å². The first kappa shape index (κ1) is 13.6. The summed E-state index contributed by atoms with van der Waals surface area (Å²) in [5.74, 6) is 0.747. The Morgan fingerprint density at radius 2 is 1.58 bits per heavy atom. The van der Waals surface area contributed by atoms with Crippen LogP contribution < -0.4 is 4.74 Å². The first-order valence-electron chi connectivity index (χ1n) is 6.25. The van der Waals surface area contributed by atoms with Crippen LogP contribution in [0.3, 0.4) is 0 Å². The summed E-state index contributed by atoms with van der Waals surface area (Å²) >= 11 is 0. The molecule has 2 aromatic rings. The Labute approximate surface area is 113 Å². The molecule has 0 radical (unpaired) electrons. The molecule has 0 amide bonds. The molecule has 0 aliphatic rings. The zero-order valence-corrected chi connectivity index (χ0v) is 11.0. The van der Waals surface area contributed by atoms with E-state index in [4.69, 9.17) is 9.84 Å². The van der Waals surface area contributed by atoms with Gasteiger partial charge in [0.15, 0.2) is 0 Å². The summed E-state index contributed by atoms with van der Waals surface area (Å²) in [6, 6.07) is 13.3. The summed E-state index contributed by atoms with van der Waals surface area (Å²) in [6.45, 7) is 2.43. The van der Waals surface area contributed by atoms with Crippen LogP contribution >= 0.6 is 0 Å². The largest absolute Gasteiger partial charge is 0.488 e. The summed E-state index contributed by atoms with van der Waals surface area (Å²) in [4.78, 5) is 0. The van der Waals surface area contributed by atoms with Crippen LogP contribution in [0.1, 0.15) is 22.3 Å². The van der Waals surface area contributed by atoms with E-state index >= 15 is 0 Å². The highest BCUT2D eigenvalue weighted by Crippen LogP contribution is 2.24. The van der Waals surface area contributed by atoms with Gasteiger partial charge in [0.2, 0.25) is 0 Å². The summed E-state index contributed by atoms with van der Waals surface area (Å²) in [6.07, 6.45) is 0. The Kier molecular flexibility index (Phi) is 4.55. The molecule has 0 fully saturated rings. The summed E-state index contributed by atoms with van der Waals surface area (Å²) in [7, 11) is 0. The molecule has 2 rings (SSSR count). The average Bonchev–Trinajstić information content (AvgIpc) is 2.46. The van der Waals surface area contributed by atoms with E-state index in [0.717, 1.165) is 28.0 Å². The molecule has 0 unspecified atom stereocenters. The average molecular weight is 258 g/mol. The van der Waals surface area contributed by atoms with Crippen molar-refractivity contribution in [1.82, 2.24) is 0 Å². The van der Waals surface area contributed by atoms with Gasteiger partial charge in [0.05, 0.1) is 13.2 Å². The molecule has 0 saturated carbocycles. The van der Waals surface area contributed by atoms with Gasteiger partial charge in [-0.2, -0.15) is 0 Å². The van der Waals surface area contributed by atoms with Crippen molar-refractivity contribution in [1.29, 1.82) is 0 Å². The number of aryl methyl sites for hydroxylation is 1. The number of rotatable bonds is 5.